The summed E-state index contributed by atoms with van der Waals surface area (Å²) < 4.78 is 2.24. The van der Waals surface area contributed by atoms with E-state index in [9.17, 15) is 0 Å². The van der Waals surface area contributed by atoms with Crippen molar-refractivity contribution in [1.29, 1.82) is 0 Å². The second-order valence-electron chi connectivity index (χ2n) is 6.00. The standard InChI is InChI=1S/C15H29N3/c1-6-16-13(15(3,4)5)9-8-10-14-17-11-12-18(14)7-2/h11-13,16H,6-10H2,1-5H3. The number of aryl methyl sites for hydroxylation is 2. The number of nitrogens with zero attached hydrogens (tertiary/aromatic N) is 2. The van der Waals surface area contributed by atoms with Crippen molar-refractivity contribution < 1.29 is 0 Å². The normalized spacial score (nSPS) is 13.8. The lowest BCUT2D eigenvalue weighted by atomic mass is 9.83. The molecule has 18 heavy (non-hydrogen) atoms. The third-order valence-electron chi connectivity index (χ3n) is 3.53. The second kappa shape index (κ2) is 6.93. The Labute approximate surface area is 112 Å². The fourth-order valence-electron chi connectivity index (χ4n) is 2.41. The van der Waals surface area contributed by atoms with E-state index in [0.29, 0.717) is 11.5 Å². The predicted octanol–water partition coefficient (Wildman–Crippen LogP) is 3.25. The largest absolute Gasteiger partial charge is 0.335 e. The van der Waals surface area contributed by atoms with E-state index < -0.39 is 0 Å². The molecule has 1 rings (SSSR count). The average Bonchev–Trinajstić information content (AvgIpc) is 2.74. The van der Waals surface area contributed by atoms with E-state index in [-0.39, 0.29) is 0 Å². The first-order valence-electron chi connectivity index (χ1n) is 7.22. The molecule has 3 nitrogen and oxygen atoms in total. The Morgan fingerprint density at radius 3 is 2.61 bits per heavy atom. The van der Waals surface area contributed by atoms with Crippen LogP contribution in [0.4, 0.5) is 0 Å². The molecule has 1 atom stereocenters. The van der Waals surface area contributed by atoms with E-state index in [1.165, 1.54) is 18.7 Å². The minimum Gasteiger partial charge on any atom is -0.335 e. The van der Waals surface area contributed by atoms with Gasteiger partial charge in [-0.3, -0.25) is 0 Å². The van der Waals surface area contributed by atoms with E-state index in [0.717, 1.165) is 19.5 Å². The van der Waals surface area contributed by atoms with Gasteiger partial charge in [0.2, 0.25) is 0 Å². The number of imidazole rings is 1. The van der Waals surface area contributed by atoms with E-state index in [2.05, 4.69) is 55.7 Å². The number of aromatic nitrogens is 2. The Bertz CT molecular complexity index is 336. The van der Waals surface area contributed by atoms with Gasteiger partial charge in [-0.15, -0.1) is 0 Å². The Kier molecular flexibility index (Phi) is 5.86. The van der Waals surface area contributed by atoms with Gasteiger partial charge >= 0.3 is 0 Å². The molecule has 0 aliphatic carbocycles. The van der Waals surface area contributed by atoms with Crippen LogP contribution in [0.3, 0.4) is 0 Å². The van der Waals surface area contributed by atoms with Crippen LogP contribution >= 0.6 is 0 Å². The van der Waals surface area contributed by atoms with Crippen LogP contribution in [0, 0.1) is 5.41 Å². The van der Waals surface area contributed by atoms with Crippen molar-refractivity contribution in [3.63, 3.8) is 0 Å². The Hall–Kier alpha value is -0.830. The lowest BCUT2D eigenvalue weighted by Crippen LogP contribution is -2.40. The summed E-state index contributed by atoms with van der Waals surface area (Å²) in [6, 6.07) is 0.590. The Morgan fingerprint density at radius 1 is 1.33 bits per heavy atom. The number of nitrogens with one attached hydrogen (secondary N) is 1. The summed E-state index contributed by atoms with van der Waals surface area (Å²) in [6.45, 7) is 13.4. The molecule has 0 spiro atoms. The third kappa shape index (κ3) is 4.45. The van der Waals surface area contributed by atoms with Crippen LogP contribution in [0.1, 0.15) is 53.3 Å². The fourth-order valence-corrected chi connectivity index (χ4v) is 2.41. The first-order valence-corrected chi connectivity index (χ1v) is 7.22. The van der Waals surface area contributed by atoms with Crippen LogP contribution in [0.2, 0.25) is 0 Å². The van der Waals surface area contributed by atoms with Crippen molar-refractivity contribution in [2.24, 2.45) is 5.41 Å². The molecule has 3 heteroatoms. The average molecular weight is 251 g/mol. The van der Waals surface area contributed by atoms with Gasteiger partial charge in [0.05, 0.1) is 0 Å². The maximum absolute atomic E-state index is 4.43. The van der Waals surface area contributed by atoms with Gasteiger partial charge in [-0.2, -0.15) is 0 Å². The highest BCUT2D eigenvalue weighted by Gasteiger charge is 2.23. The second-order valence-corrected chi connectivity index (χ2v) is 6.00. The highest BCUT2D eigenvalue weighted by atomic mass is 15.0. The van der Waals surface area contributed by atoms with E-state index in [1.807, 2.05) is 6.20 Å². The summed E-state index contributed by atoms with van der Waals surface area (Å²) in [5.41, 5.74) is 0.330. The van der Waals surface area contributed by atoms with Crippen molar-refractivity contribution in [2.75, 3.05) is 6.54 Å². The summed E-state index contributed by atoms with van der Waals surface area (Å²) in [4.78, 5) is 4.43. The van der Waals surface area contributed by atoms with Crippen LogP contribution in [-0.4, -0.2) is 22.1 Å². The van der Waals surface area contributed by atoms with Gasteiger partial charge in [0.15, 0.2) is 0 Å². The molecule has 0 radical (unpaired) electrons. The van der Waals surface area contributed by atoms with Crippen LogP contribution in [-0.2, 0) is 13.0 Å². The molecule has 0 saturated heterocycles. The number of rotatable bonds is 7. The molecule has 0 fully saturated rings. The molecule has 0 bridgehead atoms. The lowest BCUT2D eigenvalue weighted by Gasteiger charge is -2.31. The van der Waals surface area contributed by atoms with Crippen LogP contribution in [0.5, 0.6) is 0 Å². The van der Waals surface area contributed by atoms with Crippen molar-refractivity contribution in [1.82, 2.24) is 14.9 Å². The molecule has 0 aromatic carbocycles. The molecular formula is C15H29N3. The van der Waals surface area contributed by atoms with Gasteiger partial charge in [-0.25, -0.2) is 4.98 Å². The van der Waals surface area contributed by atoms with E-state index in [4.69, 9.17) is 0 Å². The number of hydrogen-bond acceptors (Lipinski definition) is 2. The van der Waals surface area contributed by atoms with Crippen molar-refractivity contribution in [2.45, 2.75) is 66.5 Å². The molecule has 0 amide bonds. The summed E-state index contributed by atoms with van der Waals surface area (Å²) in [5.74, 6) is 1.22. The summed E-state index contributed by atoms with van der Waals surface area (Å²) in [7, 11) is 0. The summed E-state index contributed by atoms with van der Waals surface area (Å²) >= 11 is 0. The Morgan fingerprint density at radius 2 is 2.06 bits per heavy atom. The SMILES string of the molecule is CCNC(CCCc1nccn1CC)C(C)(C)C. The fraction of sp³-hybridized carbons (Fsp3) is 0.800. The molecule has 1 aromatic heterocycles. The summed E-state index contributed by atoms with van der Waals surface area (Å²) in [5, 5.41) is 3.60. The molecule has 0 aliphatic heterocycles. The van der Waals surface area contributed by atoms with Gasteiger partial charge in [0.25, 0.3) is 0 Å². The van der Waals surface area contributed by atoms with Crippen LogP contribution < -0.4 is 5.32 Å². The quantitative estimate of drug-likeness (QED) is 0.806. The monoisotopic (exact) mass is 251 g/mol. The van der Waals surface area contributed by atoms with Crippen molar-refractivity contribution in [3.05, 3.63) is 18.2 Å². The molecule has 1 heterocycles. The molecule has 0 saturated carbocycles. The van der Waals surface area contributed by atoms with Gasteiger partial charge in [0, 0.05) is 31.4 Å². The first-order chi connectivity index (χ1) is 8.49. The molecule has 1 aromatic rings. The zero-order valence-electron chi connectivity index (χ0n) is 12.7. The molecular weight excluding hydrogens is 222 g/mol. The molecule has 1 unspecified atom stereocenters. The Balaban J connectivity index is 2.44. The maximum Gasteiger partial charge on any atom is 0.108 e. The topological polar surface area (TPSA) is 29.9 Å². The molecule has 104 valence electrons. The highest BCUT2D eigenvalue weighted by molar-refractivity contribution is 4.92. The zero-order chi connectivity index (χ0) is 13.6. The first kappa shape index (κ1) is 15.2. The van der Waals surface area contributed by atoms with Gasteiger partial charge in [-0.05, 0) is 31.7 Å². The third-order valence-corrected chi connectivity index (χ3v) is 3.53. The molecule has 1 N–H and O–H groups in total. The predicted molar refractivity (Wildman–Crippen MR) is 77.8 cm³/mol. The summed E-state index contributed by atoms with van der Waals surface area (Å²) in [6.07, 6.45) is 7.48. The minimum absolute atomic E-state index is 0.330. The van der Waals surface area contributed by atoms with Gasteiger partial charge in [-0.1, -0.05) is 27.7 Å². The number of hydrogen-bond donors (Lipinski definition) is 1. The minimum atomic E-state index is 0.330. The zero-order valence-corrected chi connectivity index (χ0v) is 12.7. The van der Waals surface area contributed by atoms with Crippen molar-refractivity contribution in [3.8, 4) is 0 Å². The molecule has 0 aliphatic rings. The lowest BCUT2D eigenvalue weighted by molar-refractivity contribution is 0.254. The van der Waals surface area contributed by atoms with Crippen LogP contribution in [0.25, 0.3) is 0 Å². The van der Waals surface area contributed by atoms with Gasteiger partial charge in [0.1, 0.15) is 5.82 Å². The van der Waals surface area contributed by atoms with Gasteiger partial charge < -0.3 is 9.88 Å². The van der Waals surface area contributed by atoms with Crippen molar-refractivity contribution >= 4 is 0 Å². The highest BCUT2D eigenvalue weighted by Crippen LogP contribution is 2.23. The smallest absolute Gasteiger partial charge is 0.108 e. The van der Waals surface area contributed by atoms with Crippen LogP contribution in [0.15, 0.2) is 12.4 Å². The van der Waals surface area contributed by atoms with E-state index in [1.54, 1.807) is 0 Å². The maximum atomic E-state index is 4.43. The van der Waals surface area contributed by atoms with E-state index >= 15 is 0 Å².